The molecule has 0 radical (unpaired) electrons. The van der Waals surface area contributed by atoms with Gasteiger partial charge in [-0.05, 0) is 92.0 Å². The number of H-pyrrole nitrogens is 1. The molecule has 0 unspecified atom stereocenters. The van der Waals surface area contributed by atoms with Crippen LogP contribution in [-0.2, 0) is 10.1 Å². The van der Waals surface area contributed by atoms with Gasteiger partial charge in [-0.1, -0.05) is 23.7 Å². The quantitative estimate of drug-likeness (QED) is 0.209. The van der Waals surface area contributed by atoms with Crippen molar-refractivity contribution in [1.29, 1.82) is 5.26 Å². The molecule has 0 aliphatic heterocycles. The minimum atomic E-state index is -4.07. The Labute approximate surface area is 205 Å². The van der Waals surface area contributed by atoms with Crippen LogP contribution in [0.1, 0.15) is 11.4 Å². The van der Waals surface area contributed by atoms with Crippen LogP contribution in [0.15, 0.2) is 74.5 Å². The highest BCUT2D eigenvalue weighted by molar-refractivity contribution is 9.11. The Hall–Kier alpha value is -2.64. The van der Waals surface area contributed by atoms with Crippen LogP contribution >= 0.6 is 43.5 Å². The molecule has 4 rings (SSSR count). The van der Waals surface area contributed by atoms with E-state index in [1.165, 1.54) is 24.3 Å². The topological polar surface area (TPSA) is 95.8 Å². The SMILES string of the molecule is N#C/C(=C\c1cc(Br)c(OS(=O)(=O)c2ccc(Cl)cc2)c(Br)c1)c1nc2ccccc2[nH]1. The van der Waals surface area contributed by atoms with Crippen LogP contribution in [0.5, 0.6) is 5.75 Å². The maximum Gasteiger partial charge on any atom is 0.339 e. The number of nitriles is 1. The van der Waals surface area contributed by atoms with Gasteiger partial charge >= 0.3 is 10.1 Å². The first-order valence-electron chi connectivity index (χ1n) is 9.03. The van der Waals surface area contributed by atoms with Gasteiger partial charge in [0.15, 0.2) is 5.75 Å². The number of allylic oxidation sites excluding steroid dienone is 1. The summed E-state index contributed by atoms with van der Waals surface area (Å²) in [6.45, 7) is 0. The Morgan fingerprint density at radius 2 is 1.75 bits per heavy atom. The summed E-state index contributed by atoms with van der Waals surface area (Å²) in [7, 11) is -4.07. The number of imidazole rings is 1. The number of halogens is 3. The molecule has 32 heavy (non-hydrogen) atoms. The number of nitrogens with zero attached hydrogens (tertiary/aromatic N) is 2. The number of para-hydroxylation sites is 2. The highest BCUT2D eigenvalue weighted by atomic mass is 79.9. The van der Waals surface area contributed by atoms with E-state index in [4.69, 9.17) is 15.8 Å². The highest BCUT2D eigenvalue weighted by Gasteiger charge is 2.21. The molecule has 0 bridgehead atoms. The number of nitrogens with one attached hydrogen (secondary N) is 1. The predicted octanol–water partition coefficient (Wildman–Crippen LogP) is 6.57. The molecule has 1 N–H and O–H groups in total. The first kappa shape index (κ1) is 22.6. The van der Waals surface area contributed by atoms with Gasteiger partial charge in [0.05, 0.1) is 25.6 Å². The first-order valence-corrected chi connectivity index (χ1v) is 12.4. The molecule has 0 atom stereocenters. The smallest absolute Gasteiger partial charge is 0.339 e. The normalized spacial score (nSPS) is 12.0. The van der Waals surface area contributed by atoms with Gasteiger partial charge in [0, 0.05) is 5.02 Å². The van der Waals surface area contributed by atoms with Crippen molar-refractivity contribution in [1.82, 2.24) is 9.97 Å². The molecule has 0 amide bonds. The Morgan fingerprint density at radius 3 is 2.38 bits per heavy atom. The molecule has 10 heteroatoms. The fraction of sp³-hybridized carbons (Fsp3) is 0. The van der Waals surface area contributed by atoms with Gasteiger partial charge in [-0.25, -0.2) is 4.98 Å². The lowest BCUT2D eigenvalue weighted by molar-refractivity contribution is 0.483. The van der Waals surface area contributed by atoms with Gasteiger partial charge in [-0.2, -0.15) is 13.7 Å². The molecule has 6 nitrogen and oxygen atoms in total. The molecular weight excluding hydrogens is 582 g/mol. The summed E-state index contributed by atoms with van der Waals surface area (Å²) >= 11 is 12.5. The van der Waals surface area contributed by atoms with Gasteiger partial charge in [0.2, 0.25) is 0 Å². The number of rotatable bonds is 5. The number of hydrogen-bond acceptors (Lipinski definition) is 5. The summed E-state index contributed by atoms with van der Waals surface area (Å²) in [5.41, 5.74) is 2.53. The standard InChI is InChI=1S/C22H12Br2ClN3O3S/c23-17-10-13(9-14(12-26)22-27-19-3-1-2-4-20(19)28-22)11-18(24)21(17)31-32(29,30)16-7-5-15(25)6-8-16/h1-11H,(H,27,28)/b14-9+. The summed E-state index contributed by atoms with van der Waals surface area (Å²) < 4.78 is 31.3. The maximum atomic E-state index is 12.6. The third kappa shape index (κ3) is 4.74. The summed E-state index contributed by atoms with van der Waals surface area (Å²) in [5.74, 6) is 0.519. The number of aromatic amines is 1. The van der Waals surface area contributed by atoms with Crippen molar-refractivity contribution in [2.75, 3.05) is 0 Å². The zero-order chi connectivity index (χ0) is 22.9. The molecule has 3 aromatic carbocycles. The van der Waals surface area contributed by atoms with Gasteiger partial charge in [0.25, 0.3) is 0 Å². The number of benzene rings is 3. The predicted molar refractivity (Wildman–Crippen MR) is 131 cm³/mol. The molecule has 0 aliphatic carbocycles. The summed E-state index contributed by atoms with van der Waals surface area (Å²) in [6, 6.07) is 18.6. The van der Waals surface area contributed by atoms with Crippen molar-refractivity contribution in [2.45, 2.75) is 4.90 Å². The van der Waals surface area contributed by atoms with Gasteiger partial charge in [-0.15, -0.1) is 0 Å². The van der Waals surface area contributed by atoms with Crippen molar-refractivity contribution < 1.29 is 12.6 Å². The van der Waals surface area contributed by atoms with Gasteiger partial charge < -0.3 is 9.17 Å². The Balaban J connectivity index is 1.67. The zero-order valence-corrected chi connectivity index (χ0v) is 20.8. The van der Waals surface area contributed by atoms with E-state index in [2.05, 4.69) is 47.9 Å². The molecule has 0 saturated heterocycles. The lowest BCUT2D eigenvalue weighted by Gasteiger charge is -2.11. The fourth-order valence-electron chi connectivity index (χ4n) is 2.90. The van der Waals surface area contributed by atoms with Crippen LogP contribution < -0.4 is 4.18 Å². The van der Waals surface area contributed by atoms with Crippen LogP contribution in [0, 0.1) is 11.3 Å². The van der Waals surface area contributed by atoms with Gasteiger partial charge in [-0.3, -0.25) is 0 Å². The molecule has 0 aliphatic rings. The first-order chi connectivity index (χ1) is 15.3. The van der Waals surface area contributed by atoms with E-state index in [9.17, 15) is 13.7 Å². The molecule has 0 saturated carbocycles. The van der Waals surface area contributed by atoms with Gasteiger partial charge in [0.1, 0.15) is 16.8 Å². The van der Waals surface area contributed by atoms with Crippen LogP contribution in [0.4, 0.5) is 0 Å². The second-order valence-electron chi connectivity index (χ2n) is 6.58. The summed E-state index contributed by atoms with van der Waals surface area (Å²) in [4.78, 5) is 7.54. The Bertz CT molecular complexity index is 1450. The van der Waals surface area contributed by atoms with Crippen molar-refractivity contribution in [3.63, 3.8) is 0 Å². The average Bonchev–Trinajstić information content (AvgIpc) is 3.19. The van der Waals surface area contributed by atoms with E-state index in [0.29, 0.717) is 30.9 Å². The second-order valence-corrected chi connectivity index (χ2v) is 10.3. The lowest BCUT2D eigenvalue weighted by Crippen LogP contribution is -2.10. The van der Waals surface area contributed by atoms with Crippen molar-refractivity contribution in [3.05, 3.63) is 86.0 Å². The van der Waals surface area contributed by atoms with E-state index >= 15 is 0 Å². The molecule has 1 heterocycles. The monoisotopic (exact) mass is 591 g/mol. The minimum Gasteiger partial charge on any atom is -0.377 e. The van der Waals surface area contributed by atoms with Crippen molar-refractivity contribution in [2.24, 2.45) is 0 Å². The highest BCUT2D eigenvalue weighted by Crippen LogP contribution is 2.37. The van der Waals surface area contributed by atoms with Crippen LogP contribution in [0.2, 0.25) is 5.02 Å². The molecule has 0 spiro atoms. The fourth-order valence-corrected chi connectivity index (χ4v) is 5.59. The van der Waals surface area contributed by atoms with Crippen LogP contribution in [-0.4, -0.2) is 18.4 Å². The Morgan fingerprint density at radius 1 is 1.09 bits per heavy atom. The minimum absolute atomic E-state index is 0.0266. The molecule has 1 aromatic heterocycles. The van der Waals surface area contributed by atoms with E-state index in [1.54, 1.807) is 18.2 Å². The number of fused-ring (bicyclic) bond motifs is 1. The Kier molecular flexibility index (Phi) is 6.40. The van der Waals surface area contributed by atoms with Crippen LogP contribution in [0.3, 0.4) is 0 Å². The largest absolute Gasteiger partial charge is 0.377 e. The third-order valence-electron chi connectivity index (χ3n) is 4.39. The molecule has 160 valence electrons. The average molecular weight is 594 g/mol. The summed E-state index contributed by atoms with van der Waals surface area (Å²) in [5, 5.41) is 10.1. The summed E-state index contributed by atoms with van der Waals surface area (Å²) in [6.07, 6.45) is 1.64. The van der Waals surface area contributed by atoms with Crippen molar-refractivity contribution >= 4 is 76.3 Å². The second kappa shape index (κ2) is 9.08. The van der Waals surface area contributed by atoms with Crippen LogP contribution in [0.25, 0.3) is 22.7 Å². The number of aromatic nitrogens is 2. The van der Waals surface area contributed by atoms with Crippen molar-refractivity contribution in [3.8, 4) is 11.8 Å². The molecule has 0 fully saturated rings. The van der Waals surface area contributed by atoms with E-state index in [-0.39, 0.29) is 10.6 Å². The zero-order valence-electron chi connectivity index (χ0n) is 16.0. The van der Waals surface area contributed by atoms with E-state index in [1.807, 2.05) is 24.3 Å². The third-order valence-corrected chi connectivity index (χ3v) is 7.06. The molecule has 4 aromatic rings. The number of hydrogen-bond donors (Lipinski definition) is 1. The lowest BCUT2D eigenvalue weighted by atomic mass is 10.1. The van der Waals surface area contributed by atoms with E-state index < -0.39 is 10.1 Å². The maximum absolute atomic E-state index is 12.6. The molecular formula is C22H12Br2ClN3O3S. The van der Waals surface area contributed by atoms with E-state index in [0.717, 1.165) is 11.0 Å².